The molecule has 11 nitrogen and oxygen atoms in total. The molecule has 0 aromatic heterocycles. The molecule has 4 rings (SSSR count). The van der Waals surface area contributed by atoms with E-state index in [9.17, 15) is 18.3 Å². The van der Waals surface area contributed by atoms with Gasteiger partial charge in [0.2, 0.25) is 10.0 Å². The molecule has 2 aromatic rings. The third-order valence-corrected chi connectivity index (χ3v) is 9.04. The highest BCUT2D eigenvalue weighted by atomic mass is 32.2. The van der Waals surface area contributed by atoms with Crippen LogP contribution < -0.4 is 14.8 Å². The lowest BCUT2D eigenvalue weighted by atomic mass is 10.0. The lowest BCUT2D eigenvalue weighted by Crippen LogP contribution is -2.51. The van der Waals surface area contributed by atoms with Gasteiger partial charge in [-0.05, 0) is 24.3 Å². The maximum Gasteiger partial charge on any atom is 0.407 e. The minimum atomic E-state index is -4.08. The molecule has 2 aromatic carbocycles. The number of methoxy groups -OCH3 is 2. The van der Waals surface area contributed by atoms with E-state index in [0.29, 0.717) is 18.1 Å². The van der Waals surface area contributed by atoms with Crippen molar-refractivity contribution in [2.75, 3.05) is 40.5 Å². The second-order valence-electron chi connectivity index (χ2n) is 10.7. The molecule has 2 heterocycles. The minimum Gasteiger partial charge on any atom is -0.497 e. The zero-order valence-electron chi connectivity index (χ0n) is 23.9. The maximum absolute atomic E-state index is 13.8. The SMILES string of the molecule is COc1cc(OC)cc(S(=O)(=O)N(CC(C)C)CC(O)C(Cc2ccccc2)NC(=O)OC2COC3OCCC23)c1. The number of rotatable bonds is 13. The van der Waals surface area contributed by atoms with E-state index in [0.717, 1.165) is 12.0 Å². The summed E-state index contributed by atoms with van der Waals surface area (Å²) in [6.45, 7) is 4.45. The van der Waals surface area contributed by atoms with Gasteiger partial charge in [0.1, 0.15) is 17.6 Å². The number of alkyl carbamates (subject to hydrolysis) is 1. The molecule has 0 aliphatic carbocycles. The second-order valence-corrected chi connectivity index (χ2v) is 12.7. The fourth-order valence-electron chi connectivity index (χ4n) is 5.11. The summed E-state index contributed by atoms with van der Waals surface area (Å²) in [4.78, 5) is 13.0. The maximum atomic E-state index is 13.8. The smallest absolute Gasteiger partial charge is 0.407 e. The monoisotopic (exact) mass is 592 g/mol. The van der Waals surface area contributed by atoms with E-state index in [2.05, 4.69) is 5.32 Å². The van der Waals surface area contributed by atoms with Crippen molar-refractivity contribution in [2.24, 2.45) is 11.8 Å². The molecule has 12 heteroatoms. The predicted octanol–water partition coefficient (Wildman–Crippen LogP) is 2.81. The number of aliphatic hydroxyl groups excluding tert-OH is 1. The van der Waals surface area contributed by atoms with Crippen LogP contribution in [0.1, 0.15) is 25.8 Å². The Bertz CT molecular complexity index is 1240. The summed E-state index contributed by atoms with van der Waals surface area (Å²) in [6.07, 6.45) is -1.80. The first-order valence-corrected chi connectivity index (χ1v) is 15.2. The molecule has 2 saturated heterocycles. The number of amides is 1. The van der Waals surface area contributed by atoms with Gasteiger partial charge in [0.15, 0.2) is 6.29 Å². The molecule has 226 valence electrons. The number of nitrogens with zero attached hydrogens (tertiary/aromatic N) is 1. The highest BCUT2D eigenvalue weighted by Gasteiger charge is 2.44. The molecule has 0 spiro atoms. The summed E-state index contributed by atoms with van der Waals surface area (Å²) < 4.78 is 56.2. The van der Waals surface area contributed by atoms with Gasteiger partial charge in [-0.3, -0.25) is 0 Å². The van der Waals surface area contributed by atoms with Crippen LogP contribution in [0.15, 0.2) is 53.4 Å². The normalized spacial score (nSPS) is 21.9. The van der Waals surface area contributed by atoms with E-state index in [1.807, 2.05) is 44.2 Å². The number of nitrogens with one attached hydrogen (secondary N) is 1. The first-order chi connectivity index (χ1) is 19.6. The van der Waals surface area contributed by atoms with E-state index < -0.39 is 34.4 Å². The van der Waals surface area contributed by atoms with Crippen LogP contribution in [0.25, 0.3) is 0 Å². The van der Waals surface area contributed by atoms with Gasteiger partial charge in [0, 0.05) is 31.3 Å². The summed E-state index contributed by atoms with van der Waals surface area (Å²) >= 11 is 0. The highest BCUT2D eigenvalue weighted by molar-refractivity contribution is 7.89. The molecule has 0 bridgehead atoms. The van der Waals surface area contributed by atoms with Crippen LogP contribution in [0, 0.1) is 11.8 Å². The lowest BCUT2D eigenvalue weighted by Gasteiger charge is -2.31. The van der Waals surface area contributed by atoms with Crippen LogP contribution in [0.2, 0.25) is 0 Å². The predicted molar refractivity (Wildman–Crippen MR) is 150 cm³/mol. The van der Waals surface area contributed by atoms with Crippen molar-refractivity contribution >= 4 is 16.1 Å². The summed E-state index contributed by atoms with van der Waals surface area (Å²) in [6, 6.07) is 12.9. The Morgan fingerprint density at radius 2 is 1.76 bits per heavy atom. The molecule has 5 atom stereocenters. The van der Waals surface area contributed by atoms with Gasteiger partial charge in [-0.25, -0.2) is 13.2 Å². The van der Waals surface area contributed by atoms with E-state index in [4.69, 9.17) is 23.7 Å². The van der Waals surface area contributed by atoms with Crippen LogP contribution in [-0.2, 0) is 30.7 Å². The second kappa shape index (κ2) is 13.8. The molecule has 2 aliphatic heterocycles. The summed E-state index contributed by atoms with van der Waals surface area (Å²) in [5.74, 6) is 0.568. The quantitative estimate of drug-likeness (QED) is 0.360. The number of fused-ring (bicyclic) bond motifs is 1. The van der Waals surface area contributed by atoms with Gasteiger partial charge in [-0.1, -0.05) is 44.2 Å². The number of benzene rings is 2. The number of hydrogen-bond donors (Lipinski definition) is 2. The van der Waals surface area contributed by atoms with Gasteiger partial charge < -0.3 is 34.1 Å². The number of sulfonamides is 1. The topological polar surface area (TPSA) is 133 Å². The van der Waals surface area contributed by atoms with Crippen molar-refractivity contribution in [1.29, 1.82) is 0 Å². The molecule has 5 unspecified atom stereocenters. The molecule has 2 aliphatic rings. The summed E-state index contributed by atoms with van der Waals surface area (Å²) in [5, 5.41) is 14.2. The van der Waals surface area contributed by atoms with Gasteiger partial charge in [-0.2, -0.15) is 4.31 Å². The molecule has 0 radical (unpaired) electrons. The van der Waals surface area contributed by atoms with Gasteiger partial charge in [0.05, 0.1) is 50.4 Å². The van der Waals surface area contributed by atoms with Crippen molar-refractivity contribution in [2.45, 2.75) is 56.1 Å². The Kier molecular flexibility index (Phi) is 10.5. The molecule has 41 heavy (non-hydrogen) atoms. The Hall–Kier alpha value is -2.90. The molecular weight excluding hydrogens is 552 g/mol. The Morgan fingerprint density at radius 1 is 1.07 bits per heavy atom. The molecule has 2 fully saturated rings. The number of carbonyl (C=O) groups excluding carboxylic acids is 1. The third-order valence-electron chi connectivity index (χ3n) is 7.23. The molecular formula is C29H40N2O9S. The Labute approximate surface area is 241 Å². The number of aliphatic hydroxyl groups is 1. The molecule has 2 N–H and O–H groups in total. The van der Waals surface area contributed by atoms with Crippen LogP contribution in [0.4, 0.5) is 4.79 Å². The summed E-state index contributed by atoms with van der Waals surface area (Å²) in [5.41, 5.74) is 0.862. The van der Waals surface area contributed by atoms with Crippen LogP contribution in [0.5, 0.6) is 11.5 Å². The lowest BCUT2D eigenvalue weighted by molar-refractivity contribution is -0.0907. The van der Waals surface area contributed by atoms with Gasteiger partial charge >= 0.3 is 6.09 Å². The van der Waals surface area contributed by atoms with Crippen molar-refractivity contribution in [3.63, 3.8) is 0 Å². The van der Waals surface area contributed by atoms with Gasteiger partial charge in [-0.15, -0.1) is 0 Å². The van der Waals surface area contributed by atoms with Crippen molar-refractivity contribution in [1.82, 2.24) is 9.62 Å². The zero-order valence-corrected chi connectivity index (χ0v) is 24.7. The molecule has 1 amide bonds. The van der Waals surface area contributed by atoms with E-state index in [1.165, 1.54) is 30.7 Å². The first-order valence-electron chi connectivity index (χ1n) is 13.8. The first kappa shape index (κ1) is 31.0. The average Bonchev–Trinajstić information content (AvgIpc) is 3.57. The van der Waals surface area contributed by atoms with Crippen LogP contribution >= 0.6 is 0 Å². The van der Waals surface area contributed by atoms with Gasteiger partial charge in [0.25, 0.3) is 0 Å². The standard InChI is InChI=1S/C29H40N2O9S/c1-19(2)16-31(41(34,35)23-14-21(36-3)13-22(15-23)37-4)17-26(32)25(12-20-8-6-5-7-9-20)30-29(33)40-27-18-39-28-24(27)10-11-38-28/h5-9,13-15,19,24-28,32H,10-12,16-18H2,1-4H3,(H,30,33). The number of hydrogen-bond acceptors (Lipinski definition) is 9. The Balaban J connectivity index is 1.55. The zero-order chi connectivity index (χ0) is 29.6. The van der Waals surface area contributed by atoms with E-state index in [1.54, 1.807) is 6.07 Å². The number of ether oxygens (including phenoxy) is 5. The third kappa shape index (κ3) is 7.89. The Morgan fingerprint density at radius 3 is 2.39 bits per heavy atom. The largest absolute Gasteiger partial charge is 0.497 e. The fraction of sp³-hybridized carbons (Fsp3) is 0.552. The van der Waals surface area contributed by atoms with E-state index in [-0.39, 0.29) is 49.1 Å². The van der Waals surface area contributed by atoms with Crippen LogP contribution in [0.3, 0.4) is 0 Å². The van der Waals surface area contributed by atoms with Crippen LogP contribution in [-0.4, -0.2) is 89.0 Å². The average molecular weight is 593 g/mol. The summed E-state index contributed by atoms with van der Waals surface area (Å²) in [7, 11) is -1.20. The number of carbonyl (C=O) groups is 1. The highest BCUT2D eigenvalue weighted by Crippen LogP contribution is 2.33. The van der Waals surface area contributed by atoms with Crippen molar-refractivity contribution < 1.29 is 42.0 Å². The van der Waals surface area contributed by atoms with Crippen molar-refractivity contribution in [3.8, 4) is 11.5 Å². The molecule has 0 saturated carbocycles. The van der Waals surface area contributed by atoms with E-state index >= 15 is 0 Å². The fourth-order valence-corrected chi connectivity index (χ4v) is 6.79. The van der Waals surface area contributed by atoms with Crippen molar-refractivity contribution in [3.05, 3.63) is 54.1 Å². The minimum absolute atomic E-state index is 0.0249.